The van der Waals surface area contributed by atoms with Crippen LogP contribution in [0.3, 0.4) is 0 Å². The quantitative estimate of drug-likeness (QED) is 0.257. The number of allylic oxidation sites excluding steroid dienone is 1. The van der Waals surface area contributed by atoms with E-state index in [-0.39, 0.29) is 0 Å². The molecule has 0 aliphatic carbocycles. The van der Waals surface area contributed by atoms with E-state index in [1.54, 1.807) is 21.1 Å². The molecule has 66 valence electrons. The van der Waals surface area contributed by atoms with Gasteiger partial charge in [-0.15, -0.1) is 6.58 Å². The molecule has 11 heavy (non-hydrogen) atoms. The molecule has 0 heterocycles. The molecule has 0 bridgehead atoms. The molecule has 0 aliphatic rings. The molecule has 0 aromatic rings. The molecule has 0 spiro atoms. The van der Waals surface area contributed by atoms with E-state index in [9.17, 15) is 0 Å². The molecule has 0 amide bonds. The van der Waals surface area contributed by atoms with Gasteiger partial charge in [-0.05, 0) is 6.04 Å². The summed E-state index contributed by atoms with van der Waals surface area (Å²) in [5, 5.41) is 0. The van der Waals surface area contributed by atoms with Crippen LogP contribution in [0.25, 0.3) is 0 Å². The van der Waals surface area contributed by atoms with E-state index in [1.807, 2.05) is 6.08 Å². The fourth-order valence-corrected chi connectivity index (χ4v) is 1.42. The van der Waals surface area contributed by atoms with Crippen molar-refractivity contribution >= 4 is 9.76 Å². The average Bonchev–Trinajstić information content (AvgIpc) is 2.05. The van der Waals surface area contributed by atoms with E-state index in [2.05, 4.69) is 6.58 Å². The van der Waals surface area contributed by atoms with E-state index < -0.39 is 15.7 Å². The van der Waals surface area contributed by atoms with Crippen molar-refractivity contribution in [3.05, 3.63) is 12.7 Å². The molecule has 0 unspecified atom stereocenters. The lowest BCUT2D eigenvalue weighted by atomic mass is 10.7. The largest absolute Gasteiger partial charge is 0.376 e. The van der Waals surface area contributed by atoms with E-state index in [1.165, 1.54) is 0 Å². The highest BCUT2D eigenvalue weighted by Crippen LogP contribution is 2.10. The maximum atomic E-state index is 5.39. The van der Waals surface area contributed by atoms with Crippen LogP contribution >= 0.6 is 0 Å². The first-order valence-electron chi connectivity index (χ1n) is 3.53. The standard InChI is InChI=1S/C7H16O3Si/c1-5-6-11-10-7(2,8-3)9-4/h5H,1,6,11H2,2-4H3. The molecule has 0 aromatic heterocycles. The number of hydrogen-bond donors (Lipinski definition) is 0. The van der Waals surface area contributed by atoms with Crippen molar-refractivity contribution in [3.63, 3.8) is 0 Å². The van der Waals surface area contributed by atoms with Crippen molar-refractivity contribution in [1.82, 2.24) is 0 Å². The first-order valence-corrected chi connectivity index (χ1v) is 5.11. The first kappa shape index (κ1) is 10.8. The summed E-state index contributed by atoms with van der Waals surface area (Å²) in [5.41, 5.74) is 0. The normalized spacial score (nSPS) is 12.6. The fourth-order valence-electron chi connectivity index (χ4n) is 0.529. The Morgan fingerprint density at radius 1 is 1.45 bits per heavy atom. The zero-order valence-electron chi connectivity index (χ0n) is 7.42. The van der Waals surface area contributed by atoms with Crippen LogP contribution in [0, 0.1) is 0 Å². The van der Waals surface area contributed by atoms with E-state index >= 15 is 0 Å². The van der Waals surface area contributed by atoms with Gasteiger partial charge in [0.05, 0.1) is 0 Å². The van der Waals surface area contributed by atoms with Crippen molar-refractivity contribution in [2.75, 3.05) is 14.2 Å². The molecule has 0 radical (unpaired) electrons. The van der Waals surface area contributed by atoms with Crippen molar-refractivity contribution in [2.45, 2.75) is 18.9 Å². The maximum Gasteiger partial charge on any atom is 0.269 e. The summed E-state index contributed by atoms with van der Waals surface area (Å²) < 4.78 is 15.4. The molecule has 0 aromatic carbocycles. The van der Waals surface area contributed by atoms with Crippen LogP contribution in [0.2, 0.25) is 6.04 Å². The molecular formula is C7H16O3Si. The molecular weight excluding hydrogens is 160 g/mol. The Bertz CT molecular complexity index is 112. The topological polar surface area (TPSA) is 27.7 Å². The highest BCUT2D eigenvalue weighted by Gasteiger charge is 2.21. The van der Waals surface area contributed by atoms with Crippen LogP contribution in [0.1, 0.15) is 6.92 Å². The third-order valence-electron chi connectivity index (χ3n) is 1.43. The third kappa shape index (κ3) is 4.31. The SMILES string of the molecule is C=CC[SiH2]OC(C)(OC)OC. The summed E-state index contributed by atoms with van der Waals surface area (Å²) >= 11 is 0. The molecule has 0 aliphatic heterocycles. The van der Waals surface area contributed by atoms with Crippen LogP contribution in [0.4, 0.5) is 0 Å². The molecule has 0 N–H and O–H groups in total. The van der Waals surface area contributed by atoms with Gasteiger partial charge in [0.15, 0.2) is 9.76 Å². The Morgan fingerprint density at radius 3 is 2.36 bits per heavy atom. The van der Waals surface area contributed by atoms with Gasteiger partial charge in [-0.2, -0.15) is 0 Å². The maximum absolute atomic E-state index is 5.39. The Morgan fingerprint density at radius 2 is 2.00 bits per heavy atom. The monoisotopic (exact) mass is 176 g/mol. The minimum Gasteiger partial charge on any atom is -0.376 e. The molecule has 0 saturated heterocycles. The second kappa shape index (κ2) is 5.48. The summed E-state index contributed by atoms with van der Waals surface area (Å²) in [5.74, 6) is -0.852. The average molecular weight is 176 g/mol. The predicted molar refractivity (Wildman–Crippen MR) is 47.1 cm³/mol. The fraction of sp³-hybridized carbons (Fsp3) is 0.714. The zero-order valence-corrected chi connectivity index (χ0v) is 8.84. The van der Waals surface area contributed by atoms with Gasteiger partial charge in [-0.1, -0.05) is 6.08 Å². The predicted octanol–water partition coefficient (Wildman–Crippen LogP) is 0.658. The number of methoxy groups -OCH3 is 2. The lowest BCUT2D eigenvalue weighted by Crippen LogP contribution is -2.34. The van der Waals surface area contributed by atoms with Crippen molar-refractivity contribution in [3.8, 4) is 0 Å². The summed E-state index contributed by atoms with van der Waals surface area (Å²) in [6, 6.07) is 0.933. The van der Waals surface area contributed by atoms with Crippen LogP contribution < -0.4 is 0 Å². The minimum absolute atomic E-state index is 0.583. The Labute approximate surface area is 70.3 Å². The van der Waals surface area contributed by atoms with E-state index in [0.717, 1.165) is 6.04 Å². The van der Waals surface area contributed by atoms with Gasteiger partial charge in [-0.3, -0.25) is 0 Å². The Hall–Kier alpha value is -0.163. The molecule has 0 saturated carbocycles. The third-order valence-corrected chi connectivity index (χ3v) is 2.80. The first-order chi connectivity index (χ1) is 5.18. The van der Waals surface area contributed by atoms with Crippen LogP contribution in [0.15, 0.2) is 12.7 Å². The van der Waals surface area contributed by atoms with Gasteiger partial charge in [-0.25, -0.2) is 0 Å². The highest BCUT2D eigenvalue weighted by atomic mass is 28.2. The van der Waals surface area contributed by atoms with Crippen molar-refractivity contribution < 1.29 is 13.9 Å². The summed E-state index contributed by atoms with van der Waals surface area (Å²) in [7, 11) is 2.54. The number of ether oxygens (including phenoxy) is 2. The van der Waals surface area contributed by atoms with Gasteiger partial charge in [0.2, 0.25) is 0 Å². The molecule has 4 heteroatoms. The van der Waals surface area contributed by atoms with Crippen LogP contribution in [-0.2, 0) is 13.9 Å². The van der Waals surface area contributed by atoms with Crippen LogP contribution in [-0.4, -0.2) is 30.0 Å². The second-order valence-electron chi connectivity index (χ2n) is 2.20. The zero-order chi connectivity index (χ0) is 8.74. The van der Waals surface area contributed by atoms with Crippen molar-refractivity contribution in [1.29, 1.82) is 0 Å². The van der Waals surface area contributed by atoms with Crippen molar-refractivity contribution in [2.24, 2.45) is 0 Å². The van der Waals surface area contributed by atoms with Gasteiger partial charge in [0, 0.05) is 21.1 Å². The van der Waals surface area contributed by atoms with E-state index in [0.29, 0.717) is 0 Å². The highest BCUT2D eigenvalue weighted by molar-refractivity contribution is 6.27. The van der Waals surface area contributed by atoms with Gasteiger partial charge >= 0.3 is 0 Å². The van der Waals surface area contributed by atoms with E-state index in [4.69, 9.17) is 13.9 Å². The molecule has 0 rings (SSSR count). The molecule has 0 atom stereocenters. The summed E-state index contributed by atoms with van der Waals surface area (Å²) in [6.07, 6.45) is 1.85. The summed E-state index contributed by atoms with van der Waals surface area (Å²) in [6.45, 7) is 5.36. The van der Waals surface area contributed by atoms with Crippen LogP contribution in [0.5, 0.6) is 0 Å². The smallest absolute Gasteiger partial charge is 0.269 e. The summed E-state index contributed by atoms with van der Waals surface area (Å²) in [4.78, 5) is 0. The van der Waals surface area contributed by atoms with Gasteiger partial charge in [0.25, 0.3) is 5.97 Å². The minimum atomic E-state index is -0.852. The van der Waals surface area contributed by atoms with Gasteiger partial charge < -0.3 is 13.9 Å². The lowest BCUT2D eigenvalue weighted by molar-refractivity contribution is -0.310. The molecule has 3 nitrogen and oxygen atoms in total. The Balaban J connectivity index is 3.59. The number of hydrogen-bond acceptors (Lipinski definition) is 3. The lowest BCUT2D eigenvalue weighted by Gasteiger charge is -2.26. The molecule has 0 fully saturated rings. The number of rotatable bonds is 6. The second-order valence-corrected chi connectivity index (χ2v) is 3.47. The van der Waals surface area contributed by atoms with Gasteiger partial charge in [0.1, 0.15) is 0 Å². The Kier molecular flexibility index (Phi) is 5.40.